The highest BCUT2D eigenvalue weighted by atomic mass is 32.2. The molecule has 4 aliphatic rings. The fourth-order valence-corrected chi connectivity index (χ4v) is 6.01. The second kappa shape index (κ2) is 29.5. The maximum absolute atomic E-state index is 12.7. The van der Waals surface area contributed by atoms with Gasteiger partial charge in [0.15, 0.2) is 40.5 Å². The number of ether oxygens (including phenoxy) is 4. The number of alkyl halides is 8. The van der Waals surface area contributed by atoms with Crippen molar-refractivity contribution in [2.24, 2.45) is 5.92 Å². The quantitative estimate of drug-likeness (QED) is 0.0876. The fraction of sp³-hybridized carbons (Fsp3) is 0.902. The van der Waals surface area contributed by atoms with Crippen molar-refractivity contribution in [1.29, 1.82) is 0 Å². The van der Waals surface area contributed by atoms with Gasteiger partial charge >= 0.3 is 44.9 Å². The number of aliphatic hydroxyl groups is 4. The molecule has 0 amide bonds. The van der Waals surface area contributed by atoms with E-state index in [0.717, 1.165) is 38.5 Å². The lowest BCUT2D eigenvalue weighted by Gasteiger charge is -2.27. The molecule has 0 aromatic rings. The van der Waals surface area contributed by atoms with Crippen LogP contribution >= 0.6 is 0 Å². The Balaban J connectivity index is -0.000000871. The Morgan fingerprint density at radius 3 is 0.714 bits per heavy atom. The average molecular weight is 1230 g/mol. The molecule has 4 saturated carbocycles. The van der Waals surface area contributed by atoms with Crippen molar-refractivity contribution >= 4 is 64.3 Å². The summed E-state index contributed by atoms with van der Waals surface area (Å²) in [7, 11) is -24.1. The van der Waals surface area contributed by atoms with Gasteiger partial charge < -0.3 is 57.6 Å². The molecule has 0 heterocycles. The zero-order valence-electron chi connectivity index (χ0n) is 43.7. The van der Waals surface area contributed by atoms with Crippen molar-refractivity contribution in [2.75, 3.05) is 0 Å². The Hall–Kier alpha value is -3.20. The zero-order valence-corrected chi connectivity index (χ0v) is 47.0. The molecule has 2 unspecified atom stereocenters. The van der Waals surface area contributed by atoms with Gasteiger partial charge in [-0.3, -0.25) is 0 Å². The number of rotatable bonds is 13. The largest absolute Gasteiger partial charge is 0.743 e. The normalized spacial score (nSPS) is 19.2. The molecule has 4 fully saturated rings. The van der Waals surface area contributed by atoms with Crippen LogP contribution in [0.1, 0.15) is 160 Å². The second-order valence-corrected chi connectivity index (χ2v) is 26.5. The van der Waals surface area contributed by atoms with Gasteiger partial charge in [0.2, 0.25) is 0 Å². The van der Waals surface area contributed by atoms with Crippen LogP contribution in [-0.2, 0) is 78.6 Å². The molecule has 24 nitrogen and oxygen atoms in total. The van der Waals surface area contributed by atoms with Gasteiger partial charge in [-0.25, -0.2) is 52.8 Å². The Kier molecular flexibility index (Phi) is 29.9. The van der Waals surface area contributed by atoms with Gasteiger partial charge in [0, 0.05) is 5.92 Å². The molecule has 0 saturated heterocycles. The monoisotopic (exact) mass is 1220 g/mol. The number of hydrogen-bond acceptors (Lipinski definition) is 24. The summed E-state index contributed by atoms with van der Waals surface area (Å²) in [5.41, 5.74) is -2.73. The lowest BCUT2D eigenvalue weighted by molar-refractivity contribution is -0.171. The van der Waals surface area contributed by atoms with Crippen LogP contribution in [0.2, 0.25) is 0 Å². The molecule has 4 N–H and O–H groups in total. The third kappa shape index (κ3) is 32.6. The van der Waals surface area contributed by atoms with Crippen molar-refractivity contribution in [3.63, 3.8) is 0 Å². The van der Waals surface area contributed by atoms with Gasteiger partial charge in [-0.1, -0.05) is 6.42 Å². The minimum Gasteiger partial charge on any atom is -0.743 e. The summed E-state index contributed by atoms with van der Waals surface area (Å²) >= 11 is 0. The van der Waals surface area contributed by atoms with Crippen LogP contribution in [0.4, 0.5) is 35.1 Å². The summed E-state index contributed by atoms with van der Waals surface area (Å²) in [5, 5.41) is 14.9. The number of carbonyl (C=O) groups is 4. The Morgan fingerprint density at radius 2 is 0.558 bits per heavy atom. The summed E-state index contributed by atoms with van der Waals surface area (Å²) in [6.45, 7) is 18.5. The number of esters is 4. The van der Waals surface area contributed by atoms with E-state index in [-0.39, 0.29) is 6.42 Å². The first-order valence-corrected chi connectivity index (χ1v) is 28.3. The molecule has 0 aliphatic heterocycles. The molecule has 4 rings (SSSR count). The molecule has 4 aliphatic carbocycles. The zero-order chi connectivity index (χ0) is 62.2. The van der Waals surface area contributed by atoms with E-state index in [2.05, 4.69) is 18.9 Å². The summed E-state index contributed by atoms with van der Waals surface area (Å²) in [6, 6.07) is 0. The predicted molar refractivity (Wildman–Crippen MR) is 244 cm³/mol. The Morgan fingerprint density at radius 1 is 0.377 bits per heavy atom. The molecule has 0 aromatic heterocycles. The molecular weight excluding hydrogens is 1160 g/mol. The van der Waals surface area contributed by atoms with Gasteiger partial charge in [0.1, 0.15) is 24.4 Å². The van der Waals surface area contributed by atoms with Gasteiger partial charge in [-0.05, 0) is 153 Å². The van der Waals surface area contributed by atoms with E-state index in [9.17, 15) is 111 Å². The summed E-state index contributed by atoms with van der Waals surface area (Å²) in [5.74, 6) is -9.77. The Bertz CT molecular complexity index is 2300. The van der Waals surface area contributed by atoms with E-state index in [1.807, 2.05) is 0 Å². The van der Waals surface area contributed by atoms with Crippen LogP contribution in [0.5, 0.6) is 0 Å². The lowest BCUT2D eigenvalue weighted by atomic mass is 9.96. The summed E-state index contributed by atoms with van der Waals surface area (Å²) < 4.78 is 239. The molecule has 36 heteroatoms. The number of carbonyl (C=O) groups excluding carboxylic acids is 4. The van der Waals surface area contributed by atoms with Crippen molar-refractivity contribution in [3.8, 4) is 0 Å². The minimum absolute atomic E-state index is 0.143. The van der Waals surface area contributed by atoms with E-state index < -0.39 is 138 Å². The van der Waals surface area contributed by atoms with Crippen molar-refractivity contribution in [2.45, 2.75) is 227 Å². The van der Waals surface area contributed by atoms with E-state index in [0.29, 0.717) is 38.5 Å². The standard InChI is InChI=1S/C8H12F2O6S.C8H12F2O5S.C7H10F2O5S.C6H8F2O5S.3C4H10O/c1-7(2,12)4-3-5(4)16-6(11)8(9,10)17(13,14)15;9-8(10,16(12,13)14)7(11)15-6-4-2-1-3-5-6;8-7(9,15(11,12)13)6(10)14-5-3-1-2-4-5;7-6(8,14(10,11)12)5(9)13-4-2-1-3-4;3*1-4(2,3)5/h4-5,12H,3H2,1-2H3,(H,13,14,15);6H,1-5H2,(H,12,13,14);5H,1-4H2,(H,11,12,13);4H,1-3H2,(H,10,11,12);3*5H,1-3H3/p-4. The predicted octanol–water partition coefficient (Wildman–Crippen LogP) is 3.99. The van der Waals surface area contributed by atoms with Crippen LogP contribution in [0.15, 0.2) is 0 Å². The molecule has 2 atom stereocenters. The summed E-state index contributed by atoms with van der Waals surface area (Å²) in [6.07, 6.45) is 4.12. The third-order valence-electron chi connectivity index (χ3n) is 8.83. The maximum atomic E-state index is 12.7. The highest BCUT2D eigenvalue weighted by Gasteiger charge is 2.56. The smallest absolute Gasteiger partial charge is 0.428 e. The van der Waals surface area contributed by atoms with Gasteiger partial charge in [-0.15, -0.1) is 0 Å². The molecular formula is C41H68F8O24S4-4. The molecule has 0 aromatic carbocycles. The SMILES string of the molecule is CC(C)(C)O.CC(C)(C)O.CC(C)(C)O.CC(C)(O)C1CC1OC(=O)C(F)(F)S(=O)(=O)[O-].O=C(OC1CCC1)C(F)(F)S(=O)(=O)[O-].O=C(OC1CCCC1)C(F)(F)S(=O)(=O)[O-].O=C(OC1CCCCC1)C(F)(F)S(=O)(=O)[O-]. The minimum atomic E-state index is -6.09. The highest BCUT2D eigenvalue weighted by Crippen LogP contribution is 2.43. The molecule has 0 radical (unpaired) electrons. The van der Waals surface area contributed by atoms with Crippen molar-refractivity contribution < 1.29 is 146 Å². The molecule has 460 valence electrons. The van der Waals surface area contributed by atoms with Gasteiger partial charge in [-0.2, -0.15) is 35.1 Å². The van der Waals surface area contributed by atoms with Crippen LogP contribution in [0.3, 0.4) is 0 Å². The van der Waals surface area contributed by atoms with E-state index in [1.54, 1.807) is 62.3 Å². The van der Waals surface area contributed by atoms with E-state index in [4.69, 9.17) is 15.3 Å². The third-order valence-corrected chi connectivity index (χ3v) is 12.0. The first-order chi connectivity index (χ1) is 33.6. The lowest BCUT2D eigenvalue weighted by Crippen LogP contribution is -2.42. The van der Waals surface area contributed by atoms with Crippen LogP contribution < -0.4 is 0 Å². The number of halogens is 8. The average Bonchev–Trinajstić information content (AvgIpc) is 3.77. The second-order valence-electron chi connectivity index (χ2n) is 20.8. The topological polar surface area (TPSA) is 415 Å². The maximum Gasteiger partial charge on any atom is 0.428 e. The van der Waals surface area contributed by atoms with Crippen LogP contribution in [0, 0.1) is 5.92 Å². The molecule has 77 heavy (non-hydrogen) atoms. The fourth-order valence-electron chi connectivity index (χ4n) is 5.00. The summed E-state index contributed by atoms with van der Waals surface area (Å²) in [4.78, 5) is 42.9. The van der Waals surface area contributed by atoms with Crippen LogP contribution in [0.25, 0.3) is 0 Å². The van der Waals surface area contributed by atoms with Gasteiger partial charge in [0.25, 0.3) is 0 Å². The van der Waals surface area contributed by atoms with Crippen molar-refractivity contribution in [1.82, 2.24) is 0 Å². The van der Waals surface area contributed by atoms with Gasteiger partial charge in [0.05, 0.1) is 22.4 Å². The van der Waals surface area contributed by atoms with E-state index >= 15 is 0 Å². The molecule has 0 spiro atoms. The first kappa shape index (κ1) is 78.0. The van der Waals surface area contributed by atoms with E-state index in [1.165, 1.54) is 13.8 Å². The Labute approximate surface area is 441 Å². The molecule has 0 bridgehead atoms. The highest BCUT2D eigenvalue weighted by molar-refractivity contribution is 7.88. The van der Waals surface area contributed by atoms with Crippen molar-refractivity contribution in [3.05, 3.63) is 0 Å². The number of hydrogen-bond donors (Lipinski definition) is 4. The first-order valence-electron chi connectivity index (χ1n) is 22.7. The van der Waals surface area contributed by atoms with Crippen LogP contribution in [-0.4, -0.2) is 164 Å².